The monoisotopic (exact) mass is 324 g/mol. The predicted octanol–water partition coefficient (Wildman–Crippen LogP) is 4.58. The molecule has 0 spiro atoms. The van der Waals surface area contributed by atoms with Crippen LogP contribution < -0.4 is 4.90 Å². The van der Waals surface area contributed by atoms with E-state index in [0.29, 0.717) is 5.75 Å². The maximum atomic E-state index is 10.7. The second-order valence-corrected chi connectivity index (χ2v) is 6.74. The Hall–Kier alpha value is -2.04. The molecule has 0 aromatic heterocycles. The smallest absolute Gasteiger partial charge is 0.149 e. The third-order valence-electron chi connectivity index (χ3n) is 3.60. The van der Waals surface area contributed by atoms with Gasteiger partial charge in [0.05, 0.1) is 10.7 Å². The lowest BCUT2D eigenvalue weighted by molar-refractivity contribution is 0.0950. The SMILES string of the molecule is CC(/C=C1\SC[C@@](C)(O)N1c1ccccc1)=Nc1ccccc1. The number of nitrogens with zero attached hydrogens (tertiary/aromatic N) is 2. The zero-order valence-corrected chi connectivity index (χ0v) is 14.1. The zero-order valence-electron chi connectivity index (χ0n) is 13.3. The molecule has 3 nitrogen and oxygen atoms in total. The molecular weight excluding hydrogens is 304 g/mol. The van der Waals surface area contributed by atoms with Gasteiger partial charge in [-0.25, -0.2) is 0 Å². The molecule has 1 N–H and O–H groups in total. The van der Waals surface area contributed by atoms with Gasteiger partial charge >= 0.3 is 0 Å². The summed E-state index contributed by atoms with van der Waals surface area (Å²) in [5.41, 5.74) is 1.94. The molecule has 0 amide bonds. The maximum Gasteiger partial charge on any atom is 0.149 e. The van der Waals surface area contributed by atoms with Gasteiger partial charge in [0.1, 0.15) is 5.72 Å². The van der Waals surface area contributed by atoms with Gasteiger partial charge in [-0.3, -0.25) is 4.99 Å². The predicted molar refractivity (Wildman–Crippen MR) is 99.3 cm³/mol. The summed E-state index contributed by atoms with van der Waals surface area (Å²) in [5.74, 6) is 0.631. The molecule has 0 bridgehead atoms. The summed E-state index contributed by atoms with van der Waals surface area (Å²) in [4.78, 5) is 6.59. The molecule has 2 aromatic rings. The van der Waals surface area contributed by atoms with Crippen molar-refractivity contribution in [2.75, 3.05) is 10.7 Å². The summed E-state index contributed by atoms with van der Waals surface area (Å²) in [6.45, 7) is 3.83. The quantitative estimate of drug-likeness (QED) is 0.839. The van der Waals surface area contributed by atoms with Gasteiger partial charge in [-0.1, -0.05) is 36.4 Å². The Bertz CT molecular complexity index is 724. The second kappa shape index (κ2) is 6.60. The second-order valence-electron chi connectivity index (χ2n) is 5.75. The Morgan fingerprint density at radius 2 is 1.74 bits per heavy atom. The Labute approximate surface area is 141 Å². The number of thioether (sulfide) groups is 1. The summed E-state index contributed by atoms with van der Waals surface area (Å²) in [5, 5.41) is 11.7. The van der Waals surface area contributed by atoms with Crippen molar-refractivity contribution < 1.29 is 5.11 Å². The van der Waals surface area contributed by atoms with Gasteiger partial charge in [-0.15, -0.1) is 11.8 Å². The van der Waals surface area contributed by atoms with Crippen LogP contribution in [0.5, 0.6) is 0 Å². The van der Waals surface area contributed by atoms with Crippen molar-refractivity contribution in [1.29, 1.82) is 0 Å². The van der Waals surface area contributed by atoms with E-state index < -0.39 is 5.72 Å². The van der Waals surface area contributed by atoms with E-state index >= 15 is 0 Å². The van der Waals surface area contributed by atoms with Crippen LogP contribution in [-0.4, -0.2) is 22.3 Å². The molecule has 0 saturated carbocycles. The molecular formula is C19H20N2OS. The Kier molecular flexibility index (Phi) is 4.55. The lowest BCUT2D eigenvalue weighted by Crippen LogP contribution is -2.42. The normalized spacial score (nSPS) is 23.5. The Balaban J connectivity index is 1.93. The fourth-order valence-electron chi connectivity index (χ4n) is 2.58. The molecule has 0 unspecified atom stereocenters. The average molecular weight is 324 g/mol. The number of anilines is 1. The first kappa shape index (κ1) is 15.8. The van der Waals surface area contributed by atoms with Crippen molar-refractivity contribution in [3.8, 4) is 0 Å². The van der Waals surface area contributed by atoms with Gasteiger partial charge in [0.15, 0.2) is 0 Å². The van der Waals surface area contributed by atoms with Gasteiger partial charge in [0.2, 0.25) is 0 Å². The molecule has 4 heteroatoms. The van der Waals surface area contributed by atoms with Crippen LogP contribution in [0.25, 0.3) is 0 Å². The molecule has 1 aliphatic heterocycles. The van der Waals surface area contributed by atoms with Crippen molar-refractivity contribution in [3.05, 3.63) is 71.8 Å². The number of para-hydroxylation sites is 2. The lowest BCUT2D eigenvalue weighted by Gasteiger charge is -2.31. The van der Waals surface area contributed by atoms with Crippen LogP contribution in [0.1, 0.15) is 13.8 Å². The summed E-state index contributed by atoms with van der Waals surface area (Å²) in [6, 6.07) is 19.9. The molecule has 23 heavy (non-hydrogen) atoms. The molecule has 1 heterocycles. The van der Waals surface area contributed by atoms with E-state index in [-0.39, 0.29) is 0 Å². The van der Waals surface area contributed by atoms with E-state index in [1.54, 1.807) is 11.8 Å². The molecule has 0 aliphatic carbocycles. The molecule has 1 saturated heterocycles. The minimum atomic E-state index is -0.898. The highest BCUT2D eigenvalue weighted by Crippen LogP contribution is 2.41. The van der Waals surface area contributed by atoms with E-state index in [1.165, 1.54) is 0 Å². The molecule has 1 fully saturated rings. The standard InChI is InChI=1S/C19H20N2OS/c1-15(20-16-9-5-3-6-10-16)13-18-21(19(2,22)14-23-18)17-11-7-4-8-12-17/h3-13,22H,14H2,1-2H3/b18-13-,20-15?/t19-/m1/s1. The molecule has 118 valence electrons. The minimum absolute atomic E-state index is 0.631. The van der Waals surface area contributed by atoms with E-state index in [1.807, 2.05) is 85.5 Å². The van der Waals surface area contributed by atoms with Gasteiger partial charge in [0, 0.05) is 17.2 Å². The van der Waals surface area contributed by atoms with Crippen LogP contribution in [-0.2, 0) is 0 Å². The average Bonchev–Trinajstić information content (AvgIpc) is 2.83. The van der Waals surface area contributed by atoms with Crippen molar-refractivity contribution in [2.24, 2.45) is 4.99 Å². The number of hydrogen-bond acceptors (Lipinski definition) is 4. The summed E-state index contributed by atoms with van der Waals surface area (Å²) < 4.78 is 0. The fourth-order valence-corrected chi connectivity index (χ4v) is 3.82. The van der Waals surface area contributed by atoms with Crippen molar-refractivity contribution in [3.63, 3.8) is 0 Å². The highest BCUT2D eigenvalue weighted by Gasteiger charge is 2.38. The van der Waals surface area contributed by atoms with Crippen LogP contribution >= 0.6 is 11.8 Å². The minimum Gasteiger partial charge on any atom is -0.370 e. The molecule has 0 radical (unpaired) electrons. The maximum absolute atomic E-state index is 10.7. The van der Waals surface area contributed by atoms with Crippen LogP contribution in [0.2, 0.25) is 0 Å². The van der Waals surface area contributed by atoms with Crippen LogP contribution in [0.4, 0.5) is 11.4 Å². The van der Waals surface area contributed by atoms with Crippen LogP contribution in [0.3, 0.4) is 0 Å². The fraction of sp³-hybridized carbons (Fsp3) is 0.211. The first-order valence-electron chi connectivity index (χ1n) is 7.59. The Morgan fingerprint density at radius 1 is 1.13 bits per heavy atom. The summed E-state index contributed by atoms with van der Waals surface area (Å²) >= 11 is 1.65. The Morgan fingerprint density at radius 3 is 2.39 bits per heavy atom. The number of rotatable bonds is 3. The van der Waals surface area contributed by atoms with Crippen molar-refractivity contribution >= 4 is 28.8 Å². The van der Waals surface area contributed by atoms with E-state index in [4.69, 9.17) is 0 Å². The highest BCUT2D eigenvalue weighted by atomic mass is 32.2. The number of hydrogen-bond donors (Lipinski definition) is 1. The summed E-state index contributed by atoms with van der Waals surface area (Å²) in [7, 11) is 0. The van der Waals surface area contributed by atoms with Gasteiger partial charge < -0.3 is 10.0 Å². The van der Waals surface area contributed by atoms with Gasteiger partial charge in [0.25, 0.3) is 0 Å². The number of aliphatic hydroxyl groups is 1. The number of benzene rings is 2. The van der Waals surface area contributed by atoms with Crippen LogP contribution in [0, 0.1) is 0 Å². The molecule has 3 rings (SSSR count). The highest BCUT2D eigenvalue weighted by molar-refractivity contribution is 8.03. The third kappa shape index (κ3) is 3.66. The molecule has 2 aromatic carbocycles. The van der Waals surface area contributed by atoms with Crippen molar-refractivity contribution in [1.82, 2.24) is 0 Å². The largest absolute Gasteiger partial charge is 0.370 e. The van der Waals surface area contributed by atoms with E-state index in [9.17, 15) is 5.11 Å². The summed E-state index contributed by atoms with van der Waals surface area (Å²) in [6.07, 6.45) is 2.03. The first-order chi connectivity index (χ1) is 11.1. The zero-order chi connectivity index (χ0) is 16.3. The van der Waals surface area contributed by atoms with Crippen molar-refractivity contribution in [2.45, 2.75) is 19.6 Å². The lowest BCUT2D eigenvalue weighted by atomic mass is 10.2. The van der Waals surface area contributed by atoms with Gasteiger partial charge in [-0.2, -0.15) is 0 Å². The third-order valence-corrected chi connectivity index (χ3v) is 4.89. The first-order valence-corrected chi connectivity index (χ1v) is 8.57. The van der Waals surface area contributed by atoms with Crippen LogP contribution in [0.15, 0.2) is 76.8 Å². The number of aliphatic imine (C=N–C) groups is 1. The number of allylic oxidation sites excluding steroid dienone is 1. The van der Waals surface area contributed by atoms with E-state index in [2.05, 4.69) is 4.99 Å². The van der Waals surface area contributed by atoms with Gasteiger partial charge in [-0.05, 0) is 44.2 Å². The topological polar surface area (TPSA) is 35.8 Å². The molecule has 1 atom stereocenters. The molecule has 1 aliphatic rings. The van der Waals surface area contributed by atoms with E-state index in [0.717, 1.165) is 22.1 Å².